The van der Waals surface area contributed by atoms with E-state index in [1.807, 2.05) is 10.9 Å². The Morgan fingerprint density at radius 2 is 2.53 bits per heavy atom. The summed E-state index contributed by atoms with van der Waals surface area (Å²) in [5.41, 5.74) is 6.59. The lowest BCUT2D eigenvalue weighted by Crippen LogP contribution is -2.46. The average molecular weight is 236 g/mol. The third-order valence-electron chi connectivity index (χ3n) is 3.35. The Morgan fingerprint density at radius 3 is 3.24 bits per heavy atom. The summed E-state index contributed by atoms with van der Waals surface area (Å²) in [5.74, 6) is 0.138. The van der Waals surface area contributed by atoms with E-state index in [1.165, 1.54) is 5.69 Å². The summed E-state index contributed by atoms with van der Waals surface area (Å²) in [6.45, 7) is 3.92. The van der Waals surface area contributed by atoms with Crippen LogP contribution in [0, 0.1) is 0 Å². The maximum absolute atomic E-state index is 11.2. The van der Waals surface area contributed by atoms with Gasteiger partial charge in [-0.05, 0) is 31.9 Å². The van der Waals surface area contributed by atoms with Crippen molar-refractivity contribution < 1.29 is 4.79 Å². The molecule has 5 heteroatoms. The van der Waals surface area contributed by atoms with E-state index in [9.17, 15) is 4.79 Å². The molecule has 0 aromatic carbocycles. The number of nitrogens with one attached hydrogen (secondary N) is 1. The molecule has 2 heterocycles. The summed E-state index contributed by atoms with van der Waals surface area (Å²) in [6, 6.07) is 1.86. The van der Waals surface area contributed by atoms with E-state index in [0.717, 1.165) is 32.4 Å². The molecule has 2 rings (SSSR count). The van der Waals surface area contributed by atoms with Gasteiger partial charge >= 0.3 is 0 Å². The maximum atomic E-state index is 11.2. The number of hydrogen-bond acceptors (Lipinski definition) is 3. The van der Waals surface area contributed by atoms with Gasteiger partial charge in [0.1, 0.15) is 0 Å². The summed E-state index contributed by atoms with van der Waals surface area (Å²) in [5, 5.41) is 7.49. The van der Waals surface area contributed by atoms with Crippen molar-refractivity contribution in [2.24, 2.45) is 5.73 Å². The number of nitrogens with zero attached hydrogens (tertiary/aromatic N) is 2. The Hall–Kier alpha value is -1.36. The van der Waals surface area contributed by atoms with Gasteiger partial charge in [0.2, 0.25) is 5.91 Å². The molecule has 1 aliphatic rings. The van der Waals surface area contributed by atoms with Crippen molar-refractivity contribution in [3.8, 4) is 0 Å². The van der Waals surface area contributed by atoms with Gasteiger partial charge in [-0.15, -0.1) is 0 Å². The summed E-state index contributed by atoms with van der Waals surface area (Å²) in [4.78, 5) is 11.2. The number of primary amides is 1. The molecule has 1 saturated heterocycles. The lowest BCUT2D eigenvalue weighted by Gasteiger charge is -2.28. The zero-order valence-corrected chi connectivity index (χ0v) is 10.2. The molecule has 17 heavy (non-hydrogen) atoms. The Bertz CT molecular complexity index is 388. The summed E-state index contributed by atoms with van der Waals surface area (Å²) in [6.07, 6.45) is 4.73. The molecule has 2 atom stereocenters. The number of aryl methyl sites for hydroxylation is 1. The first kappa shape index (κ1) is 12.1. The molecule has 1 amide bonds. The number of carbonyl (C=O) groups is 1. The van der Waals surface area contributed by atoms with Crippen LogP contribution in [0.3, 0.4) is 0 Å². The second-order valence-electron chi connectivity index (χ2n) is 4.61. The van der Waals surface area contributed by atoms with Crippen LogP contribution in [0.15, 0.2) is 12.3 Å². The fraction of sp³-hybridized carbons (Fsp3) is 0.667. The third-order valence-corrected chi connectivity index (χ3v) is 3.35. The first-order valence-electron chi connectivity index (χ1n) is 6.26. The predicted molar refractivity (Wildman–Crippen MR) is 65.5 cm³/mol. The average Bonchev–Trinajstić information content (AvgIpc) is 2.78. The number of amides is 1. The Morgan fingerprint density at radius 1 is 1.71 bits per heavy atom. The van der Waals surface area contributed by atoms with Gasteiger partial charge in [-0.3, -0.25) is 9.48 Å². The standard InChI is InChI=1S/C12H20N4O/c1-2-7-16-11(4-6-15-16)9-3-5-14-10(8-9)12(13)17/h4,6,9-10,14H,2-3,5,7-8H2,1H3,(H2,13,17). The lowest BCUT2D eigenvalue weighted by molar-refractivity contribution is -0.120. The van der Waals surface area contributed by atoms with Crippen LogP contribution in [0.1, 0.15) is 37.8 Å². The SMILES string of the molecule is CCCn1nccc1C1CCNC(C(N)=O)C1. The molecular formula is C12H20N4O. The van der Waals surface area contributed by atoms with Crippen molar-refractivity contribution in [2.75, 3.05) is 6.54 Å². The minimum Gasteiger partial charge on any atom is -0.368 e. The Labute approximate surface area is 101 Å². The van der Waals surface area contributed by atoms with Gasteiger partial charge in [0, 0.05) is 24.4 Å². The van der Waals surface area contributed by atoms with Gasteiger partial charge in [-0.2, -0.15) is 5.10 Å². The smallest absolute Gasteiger partial charge is 0.234 e. The minimum atomic E-state index is -0.253. The molecule has 1 fully saturated rings. The van der Waals surface area contributed by atoms with Crippen molar-refractivity contribution in [3.63, 3.8) is 0 Å². The third kappa shape index (κ3) is 2.66. The van der Waals surface area contributed by atoms with E-state index < -0.39 is 0 Å². The summed E-state index contributed by atoms with van der Waals surface area (Å²) >= 11 is 0. The van der Waals surface area contributed by atoms with Crippen LogP contribution in [0.25, 0.3) is 0 Å². The summed E-state index contributed by atoms with van der Waals surface area (Å²) in [7, 11) is 0. The monoisotopic (exact) mass is 236 g/mol. The predicted octanol–water partition coefficient (Wildman–Crippen LogP) is 0.614. The van der Waals surface area contributed by atoms with Crippen LogP contribution in [0.4, 0.5) is 0 Å². The van der Waals surface area contributed by atoms with E-state index in [1.54, 1.807) is 0 Å². The Kier molecular flexibility index (Phi) is 3.78. The molecule has 0 saturated carbocycles. The molecule has 1 aromatic rings. The molecule has 5 nitrogen and oxygen atoms in total. The molecule has 94 valence electrons. The van der Waals surface area contributed by atoms with E-state index >= 15 is 0 Å². The fourth-order valence-corrected chi connectivity index (χ4v) is 2.49. The number of carbonyl (C=O) groups excluding carboxylic acids is 1. The normalized spacial score (nSPS) is 24.8. The molecule has 0 spiro atoms. The second kappa shape index (κ2) is 5.31. The minimum absolute atomic E-state index is 0.196. The van der Waals surface area contributed by atoms with Crippen molar-refractivity contribution in [2.45, 2.75) is 44.7 Å². The van der Waals surface area contributed by atoms with Crippen molar-refractivity contribution in [1.29, 1.82) is 0 Å². The topological polar surface area (TPSA) is 72.9 Å². The van der Waals surface area contributed by atoms with Crippen LogP contribution in [0.5, 0.6) is 0 Å². The second-order valence-corrected chi connectivity index (χ2v) is 4.61. The van der Waals surface area contributed by atoms with E-state index in [0.29, 0.717) is 5.92 Å². The van der Waals surface area contributed by atoms with E-state index in [-0.39, 0.29) is 11.9 Å². The number of aromatic nitrogens is 2. The highest BCUT2D eigenvalue weighted by Crippen LogP contribution is 2.27. The van der Waals surface area contributed by atoms with E-state index in [4.69, 9.17) is 5.73 Å². The molecular weight excluding hydrogens is 216 g/mol. The number of hydrogen-bond donors (Lipinski definition) is 2. The number of rotatable bonds is 4. The lowest BCUT2D eigenvalue weighted by atomic mass is 9.89. The van der Waals surface area contributed by atoms with Gasteiger partial charge in [0.15, 0.2) is 0 Å². The van der Waals surface area contributed by atoms with Gasteiger partial charge < -0.3 is 11.1 Å². The van der Waals surface area contributed by atoms with Gasteiger partial charge in [0.25, 0.3) is 0 Å². The number of piperidine rings is 1. The first-order chi connectivity index (χ1) is 8.22. The van der Waals surface area contributed by atoms with Gasteiger partial charge in [-0.1, -0.05) is 6.92 Å². The molecule has 2 unspecified atom stereocenters. The Balaban J connectivity index is 2.10. The van der Waals surface area contributed by atoms with Crippen LogP contribution >= 0.6 is 0 Å². The highest BCUT2D eigenvalue weighted by Gasteiger charge is 2.27. The zero-order valence-electron chi connectivity index (χ0n) is 10.2. The highest BCUT2D eigenvalue weighted by molar-refractivity contribution is 5.80. The summed E-state index contributed by atoms with van der Waals surface area (Å²) < 4.78 is 2.05. The molecule has 0 bridgehead atoms. The van der Waals surface area contributed by atoms with Crippen LogP contribution < -0.4 is 11.1 Å². The maximum Gasteiger partial charge on any atom is 0.234 e. The fourth-order valence-electron chi connectivity index (χ4n) is 2.49. The molecule has 1 aromatic heterocycles. The van der Waals surface area contributed by atoms with Crippen LogP contribution in [0.2, 0.25) is 0 Å². The van der Waals surface area contributed by atoms with Gasteiger partial charge in [0.05, 0.1) is 6.04 Å². The largest absolute Gasteiger partial charge is 0.368 e. The molecule has 0 radical (unpaired) electrons. The van der Waals surface area contributed by atoms with Gasteiger partial charge in [-0.25, -0.2) is 0 Å². The van der Waals surface area contributed by atoms with Crippen molar-refractivity contribution >= 4 is 5.91 Å². The van der Waals surface area contributed by atoms with Crippen LogP contribution in [-0.2, 0) is 11.3 Å². The molecule has 3 N–H and O–H groups in total. The first-order valence-corrected chi connectivity index (χ1v) is 6.26. The number of nitrogens with two attached hydrogens (primary N) is 1. The highest BCUT2D eigenvalue weighted by atomic mass is 16.1. The van der Waals surface area contributed by atoms with Crippen molar-refractivity contribution in [3.05, 3.63) is 18.0 Å². The zero-order chi connectivity index (χ0) is 12.3. The van der Waals surface area contributed by atoms with Crippen LogP contribution in [-0.4, -0.2) is 28.3 Å². The molecule has 1 aliphatic heterocycles. The molecule has 0 aliphatic carbocycles. The van der Waals surface area contributed by atoms with Crippen molar-refractivity contribution in [1.82, 2.24) is 15.1 Å². The quantitative estimate of drug-likeness (QED) is 0.804. The van der Waals surface area contributed by atoms with E-state index in [2.05, 4.69) is 23.4 Å².